The smallest absolute Gasteiger partial charge is 0.317 e. The van der Waals surface area contributed by atoms with E-state index in [1.807, 2.05) is 0 Å². The molecule has 1 aromatic rings. The third-order valence-corrected chi connectivity index (χ3v) is 4.72. The number of ether oxygens (including phenoxy) is 1. The number of benzene rings is 1. The predicted octanol–water partition coefficient (Wildman–Crippen LogP) is 1.78. The number of nitrogens with one attached hydrogen (secondary N) is 1. The Kier molecular flexibility index (Phi) is 4.77. The van der Waals surface area contributed by atoms with Gasteiger partial charge in [-0.1, -0.05) is 0 Å². The summed E-state index contributed by atoms with van der Waals surface area (Å²) < 4.78 is 28.3. The predicted molar refractivity (Wildman–Crippen MR) is 77.6 cm³/mol. The second-order valence-corrected chi connectivity index (χ2v) is 7.52. The molecule has 0 aliphatic carbocycles. The highest BCUT2D eigenvalue weighted by atomic mass is 79.9. The maximum Gasteiger partial charge on any atom is 0.317 e. The second kappa shape index (κ2) is 6.19. The van der Waals surface area contributed by atoms with E-state index in [-0.39, 0.29) is 10.9 Å². The zero-order valence-corrected chi connectivity index (χ0v) is 13.5. The summed E-state index contributed by atoms with van der Waals surface area (Å²) in [6, 6.07) is 4.16. The molecular weight excluding hydrogens is 372 g/mol. The fourth-order valence-electron chi connectivity index (χ4n) is 1.74. The van der Waals surface area contributed by atoms with Gasteiger partial charge in [-0.05, 0) is 34.1 Å². The first-order valence-electron chi connectivity index (χ1n) is 5.78. The molecule has 1 aliphatic rings. The van der Waals surface area contributed by atoms with Crippen molar-refractivity contribution in [1.82, 2.24) is 10.2 Å². The lowest BCUT2D eigenvalue weighted by Gasteiger charge is -2.15. The Morgan fingerprint density at radius 2 is 2.20 bits per heavy atom. The highest BCUT2D eigenvalue weighted by Crippen LogP contribution is 2.29. The Hall–Kier alpha value is -0.990. The van der Waals surface area contributed by atoms with Gasteiger partial charge in [0.25, 0.3) is 9.05 Å². The van der Waals surface area contributed by atoms with Gasteiger partial charge in [-0.3, -0.25) is 0 Å². The van der Waals surface area contributed by atoms with Gasteiger partial charge in [-0.25, -0.2) is 13.2 Å². The van der Waals surface area contributed by atoms with Crippen molar-refractivity contribution in [2.45, 2.75) is 4.90 Å². The van der Waals surface area contributed by atoms with Crippen LogP contribution in [0.5, 0.6) is 5.75 Å². The Bertz CT molecular complexity index is 623. The molecule has 6 nitrogen and oxygen atoms in total. The van der Waals surface area contributed by atoms with E-state index in [4.69, 9.17) is 15.4 Å². The average Bonchev–Trinajstić information content (AvgIpc) is 2.76. The molecular formula is C11H12BrClN2O4S. The van der Waals surface area contributed by atoms with Crippen molar-refractivity contribution in [3.63, 3.8) is 0 Å². The second-order valence-electron chi connectivity index (χ2n) is 4.10. The van der Waals surface area contributed by atoms with Crippen LogP contribution in [-0.2, 0) is 9.05 Å². The van der Waals surface area contributed by atoms with E-state index in [2.05, 4.69) is 21.2 Å². The van der Waals surface area contributed by atoms with E-state index in [0.29, 0.717) is 36.5 Å². The van der Waals surface area contributed by atoms with Crippen LogP contribution >= 0.6 is 26.6 Å². The van der Waals surface area contributed by atoms with Crippen molar-refractivity contribution in [2.75, 3.05) is 26.2 Å². The molecule has 0 aromatic heterocycles. The molecule has 1 fully saturated rings. The highest BCUT2D eigenvalue weighted by Gasteiger charge is 2.19. The van der Waals surface area contributed by atoms with Crippen LogP contribution < -0.4 is 10.1 Å². The number of hydrogen-bond acceptors (Lipinski definition) is 4. The first-order chi connectivity index (χ1) is 9.38. The maximum absolute atomic E-state index is 11.3. The summed E-state index contributed by atoms with van der Waals surface area (Å²) in [6.45, 7) is 2.09. The van der Waals surface area contributed by atoms with Crippen LogP contribution in [0.1, 0.15) is 0 Å². The third kappa shape index (κ3) is 3.77. The number of amides is 2. The lowest BCUT2D eigenvalue weighted by molar-refractivity contribution is 0.202. The summed E-state index contributed by atoms with van der Waals surface area (Å²) in [7, 11) is 1.49. The summed E-state index contributed by atoms with van der Waals surface area (Å²) in [6.07, 6.45) is 0. The van der Waals surface area contributed by atoms with E-state index >= 15 is 0 Å². The minimum atomic E-state index is -3.76. The third-order valence-electron chi connectivity index (χ3n) is 2.75. The molecule has 20 heavy (non-hydrogen) atoms. The standard InChI is InChI=1S/C11H12BrClN2O4S/c12-9-7-8(20(13,17)18)1-2-10(9)19-6-5-15-4-3-14-11(15)16/h1-2,7H,3-6H2,(H,14,16). The molecule has 0 saturated carbocycles. The number of halogens is 2. The molecule has 2 amide bonds. The van der Waals surface area contributed by atoms with Crippen molar-refractivity contribution in [3.05, 3.63) is 22.7 Å². The van der Waals surface area contributed by atoms with Crippen molar-refractivity contribution < 1.29 is 17.9 Å². The first kappa shape index (κ1) is 15.4. The monoisotopic (exact) mass is 382 g/mol. The average molecular weight is 384 g/mol. The molecule has 2 rings (SSSR count). The summed E-state index contributed by atoms with van der Waals surface area (Å²) in [5.74, 6) is 0.494. The quantitative estimate of drug-likeness (QED) is 0.787. The van der Waals surface area contributed by atoms with Crippen LogP contribution in [-0.4, -0.2) is 45.6 Å². The van der Waals surface area contributed by atoms with Gasteiger partial charge in [-0.15, -0.1) is 0 Å². The number of urea groups is 1. The van der Waals surface area contributed by atoms with Crippen LogP contribution in [0, 0.1) is 0 Å². The molecule has 0 radical (unpaired) electrons. The number of carbonyl (C=O) groups is 1. The summed E-state index contributed by atoms with van der Waals surface area (Å²) in [4.78, 5) is 12.9. The van der Waals surface area contributed by atoms with Crippen molar-refractivity contribution >= 4 is 41.7 Å². The largest absolute Gasteiger partial charge is 0.491 e. The van der Waals surface area contributed by atoms with Crippen LogP contribution in [0.2, 0.25) is 0 Å². The molecule has 0 unspecified atom stereocenters. The van der Waals surface area contributed by atoms with Crippen molar-refractivity contribution in [3.8, 4) is 5.75 Å². The summed E-state index contributed by atoms with van der Waals surface area (Å²) in [5.41, 5.74) is 0. The molecule has 0 spiro atoms. The van der Waals surface area contributed by atoms with E-state index in [0.717, 1.165) is 0 Å². The highest BCUT2D eigenvalue weighted by molar-refractivity contribution is 9.10. The molecule has 1 aliphatic heterocycles. The van der Waals surface area contributed by atoms with Gasteiger partial charge < -0.3 is 15.0 Å². The number of rotatable bonds is 5. The van der Waals surface area contributed by atoms with Gasteiger partial charge in [0.05, 0.1) is 15.9 Å². The van der Waals surface area contributed by atoms with Gasteiger partial charge in [0.1, 0.15) is 12.4 Å². The molecule has 1 N–H and O–H groups in total. The van der Waals surface area contributed by atoms with Gasteiger partial charge in [0.2, 0.25) is 0 Å². The molecule has 1 saturated heterocycles. The van der Waals surface area contributed by atoms with E-state index < -0.39 is 9.05 Å². The summed E-state index contributed by atoms with van der Waals surface area (Å²) >= 11 is 3.22. The molecule has 9 heteroatoms. The Morgan fingerprint density at radius 1 is 1.45 bits per heavy atom. The maximum atomic E-state index is 11.3. The lowest BCUT2D eigenvalue weighted by atomic mass is 10.3. The number of carbonyl (C=O) groups excluding carboxylic acids is 1. The normalized spacial score (nSPS) is 15.3. The van der Waals surface area contributed by atoms with Gasteiger partial charge >= 0.3 is 6.03 Å². The minimum Gasteiger partial charge on any atom is -0.491 e. The van der Waals surface area contributed by atoms with Crippen LogP contribution in [0.4, 0.5) is 4.79 Å². The Labute approximate surface area is 129 Å². The zero-order chi connectivity index (χ0) is 14.8. The minimum absolute atomic E-state index is 0.00249. The zero-order valence-electron chi connectivity index (χ0n) is 10.3. The fraction of sp³-hybridized carbons (Fsp3) is 0.364. The molecule has 0 bridgehead atoms. The van der Waals surface area contributed by atoms with E-state index in [1.54, 1.807) is 4.90 Å². The number of hydrogen-bond donors (Lipinski definition) is 1. The van der Waals surface area contributed by atoms with Crippen molar-refractivity contribution in [1.29, 1.82) is 0 Å². The van der Waals surface area contributed by atoms with Gasteiger partial charge in [0, 0.05) is 23.8 Å². The Morgan fingerprint density at radius 3 is 2.75 bits per heavy atom. The van der Waals surface area contributed by atoms with E-state index in [1.165, 1.54) is 18.2 Å². The van der Waals surface area contributed by atoms with Crippen molar-refractivity contribution in [2.24, 2.45) is 0 Å². The molecule has 110 valence electrons. The lowest BCUT2D eigenvalue weighted by Crippen LogP contribution is -2.31. The summed E-state index contributed by atoms with van der Waals surface area (Å²) in [5, 5.41) is 2.69. The molecule has 1 heterocycles. The van der Waals surface area contributed by atoms with E-state index in [9.17, 15) is 13.2 Å². The van der Waals surface area contributed by atoms with Crippen LogP contribution in [0.25, 0.3) is 0 Å². The first-order valence-corrected chi connectivity index (χ1v) is 8.88. The fourth-order valence-corrected chi connectivity index (χ4v) is 3.16. The van der Waals surface area contributed by atoms with Crippen LogP contribution in [0.3, 0.4) is 0 Å². The number of nitrogens with zero attached hydrogens (tertiary/aromatic N) is 1. The Balaban J connectivity index is 1.95. The van der Waals surface area contributed by atoms with Crippen LogP contribution in [0.15, 0.2) is 27.6 Å². The van der Waals surface area contributed by atoms with Gasteiger partial charge in [0.15, 0.2) is 0 Å². The topological polar surface area (TPSA) is 75.7 Å². The SMILES string of the molecule is O=C1NCCN1CCOc1ccc(S(=O)(=O)Cl)cc1Br. The molecule has 1 aromatic carbocycles. The van der Waals surface area contributed by atoms with Gasteiger partial charge in [-0.2, -0.15) is 0 Å². The molecule has 0 atom stereocenters.